The van der Waals surface area contributed by atoms with E-state index in [1.165, 1.54) is 0 Å². The summed E-state index contributed by atoms with van der Waals surface area (Å²) in [6.45, 7) is 0. The molecule has 2 radical (unpaired) electrons. The van der Waals surface area contributed by atoms with Crippen molar-refractivity contribution in [3.8, 4) is 0 Å². The summed E-state index contributed by atoms with van der Waals surface area (Å²) in [7, 11) is 0. The second kappa shape index (κ2) is 3.04. The quantitative estimate of drug-likeness (QED) is 0.632. The minimum Gasteiger partial charge on any atom is -0.0830 e. The molecule has 0 aromatic heterocycles. The Labute approximate surface area is 75.5 Å². The molecule has 0 unspecified atom stereocenters. The molecule has 0 atom stereocenters. The lowest BCUT2D eigenvalue weighted by Gasteiger charge is -1.92. The Morgan fingerprint density at radius 3 is 2.44 bits per heavy atom. The van der Waals surface area contributed by atoms with Gasteiger partial charge in [-0.3, -0.25) is 0 Å². The van der Waals surface area contributed by atoms with Crippen LogP contribution in [0.4, 0.5) is 0 Å². The van der Waals surface area contributed by atoms with Crippen LogP contribution in [-0.4, -0.2) is 0 Å². The minimum atomic E-state index is 0.639. The van der Waals surface area contributed by atoms with Crippen molar-refractivity contribution in [1.29, 1.82) is 0 Å². The van der Waals surface area contributed by atoms with Crippen LogP contribution in [0.2, 0.25) is 5.02 Å². The molecule has 0 N–H and O–H groups in total. The average molecular weight is 268 g/mol. The normalized spacial score (nSPS) is 9.67. The number of hydrogen-bond acceptors (Lipinski definition) is 0. The van der Waals surface area contributed by atoms with Crippen molar-refractivity contribution in [2.45, 2.75) is 0 Å². The first-order valence-electron chi connectivity index (χ1n) is 2.14. The Morgan fingerprint density at radius 2 is 2.00 bits per heavy atom. The van der Waals surface area contributed by atoms with Crippen LogP contribution in [0, 0.1) is 12.1 Å². The molecule has 46 valence electrons. The number of benzene rings is 1. The first-order valence-corrected chi connectivity index (χ1v) is 4.11. The van der Waals surface area contributed by atoms with Crippen molar-refractivity contribution >= 4 is 43.5 Å². The van der Waals surface area contributed by atoms with E-state index in [1.807, 2.05) is 0 Å². The van der Waals surface area contributed by atoms with Gasteiger partial charge >= 0.3 is 0 Å². The van der Waals surface area contributed by atoms with Crippen molar-refractivity contribution in [3.63, 3.8) is 0 Å². The third-order valence-corrected chi connectivity index (χ3v) is 2.33. The summed E-state index contributed by atoms with van der Waals surface area (Å²) in [6, 6.07) is 7.33. The largest absolute Gasteiger partial charge is 0.0830 e. The topological polar surface area (TPSA) is 0 Å². The fraction of sp³-hybridized carbons (Fsp3) is 0. The highest BCUT2D eigenvalue weighted by atomic mass is 79.9. The fourth-order valence-electron chi connectivity index (χ4n) is 0.385. The summed E-state index contributed by atoms with van der Waals surface area (Å²) in [5.74, 6) is 0. The second-order valence-electron chi connectivity index (χ2n) is 1.40. The van der Waals surface area contributed by atoms with Gasteiger partial charge in [-0.25, -0.2) is 0 Å². The number of hydrogen-bond donors (Lipinski definition) is 0. The predicted molar refractivity (Wildman–Crippen MR) is 44.5 cm³/mol. The van der Waals surface area contributed by atoms with Crippen LogP contribution in [0.3, 0.4) is 0 Å². The molecule has 0 fully saturated rings. The molecule has 0 aliphatic carbocycles. The molecule has 0 bridgehead atoms. The predicted octanol–water partition coefficient (Wildman–Crippen LogP) is 3.47. The Kier molecular flexibility index (Phi) is 2.56. The van der Waals surface area contributed by atoms with Crippen molar-refractivity contribution < 1.29 is 0 Å². The Balaban J connectivity index is 3.17. The van der Waals surface area contributed by atoms with E-state index in [0.717, 1.165) is 8.95 Å². The van der Waals surface area contributed by atoms with Gasteiger partial charge in [-0.15, -0.1) is 0 Å². The fourth-order valence-corrected chi connectivity index (χ4v) is 1.21. The smallest absolute Gasteiger partial charge is 0.0566 e. The van der Waals surface area contributed by atoms with Gasteiger partial charge in [-0.2, -0.15) is 0 Å². The van der Waals surface area contributed by atoms with E-state index in [-0.39, 0.29) is 0 Å². The van der Waals surface area contributed by atoms with Crippen molar-refractivity contribution in [2.24, 2.45) is 0 Å². The third-order valence-electron chi connectivity index (χ3n) is 0.755. The molecule has 0 amide bonds. The van der Waals surface area contributed by atoms with Crippen LogP contribution < -0.4 is 0 Å². The van der Waals surface area contributed by atoms with E-state index in [4.69, 9.17) is 11.6 Å². The number of halogens is 3. The van der Waals surface area contributed by atoms with E-state index in [0.29, 0.717) is 5.02 Å². The van der Waals surface area contributed by atoms with Crippen LogP contribution in [0.5, 0.6) is 0 Å². The van der Waals surface area contributed by atoms with Crippen molar-refractivity contribution in [3.05, 3.63) is 32.2 Å². The zero-order valence-corrected chi connectivity index (χ0v) is 8.14. The minimum absolute atomic E-state index is 0.639. The molecule has 0 aliphatic heterocycles. The highest BCUT2D eigenvalue weighted by molar-refractivity contribution is 9.11. The van der Waals surface area contributed by atoms with Gasteiger partial charge in [0.2, 0.25) is 0 Å². The van der Waals surface area contributed by atoms with Gasteiger partial charge in [0.05, 0.1) is 5.02 Å². The zero-order valence-electron chi connectivity index (χ0n) is 4.21. The molecule has 1 aromatic rings. The molecular formula is C6HBr2Cl. The summed E-state index contributed by atoms with van der Waals surface area (Å²) in [5, 5.41) is 0.639. The van der Waals surface area contributed by atoms with Gasteiger partial charge in [0.1, 0.15) is 0 Å². The first kappa shape index (κ1) is 7.58. The lowest BCUT2D eigenvalue weighted by Crippen LogP contribution is -1.68. The van der Waals surface area contributed by atoms with Crippen LogP contribution in [0.25, 0.3) is 0 Å². The lowest BCUT2D eigenvalue weighted by molar-refractivity contribution is 1.57. The first-order chi connectivity index (χ1) is 4.20. The van der Waals surface area contributed by atoms with Gasteiger partial charge in [0.25, 0.3) is 0 Å². The monoisotopic (exact) mass is 266 g/mol. The Morgan fingerprint density at radius 1 is 1.33 bits per heavy atom. The summed E-state index contributed by atoms with van der Waals surface area (Å²) in [4.78, 5) is 0. The second-order valence-corrected chi connectivity index (χ2v) is 3.46. The van der Waals surface area contributed by atoms with Gasteiger partial charge in [-0.05, 0) is 22.0 Å². The maximum absolute atomic E-state index is 5.69. The molecule has 0 saturated carbocycles. The standard InChI is InChI=1S/C6HBr2Cl/c7-4-1-2-5(8)6(9)3-4/h3H. The average Bonchev–Trinajstić information content (AvgIpc) is 1.80. The van der Waals surface area contributed by atoms with E-state index >= 15 is 0 Å². The molecule has 3 heteroatoms. The van der Waals surface area contributed by atoms with E-state index in [1.54, 1.807) is 6.07 Å². The third kappa shape index (κ3) is 1.95. The number of rotatable bonds is 0. The van der Waals surface area contributed by atoms with Gasteiger partial charge in [-0.1, -0.05) is 27.5 Å². The molecule has 9 heavy (non-hydrogen) atoms. The van der Waals surface area contributed by atoms with E-state index < -0.39 is 0 Å². The van der Waals surface area contributed by atoms with Crippen LogP contribution in [0.15, 0.2) is 15.0 Å². The Hall–Kier alpha value is 0.470. The lowest BCUT2D eigenvalue weighted by atomic mass is 10.4. The highest BCUT2D eigenvalue weighted by Gasteiger charge is 1.95. The summed E-state index contributed by atoms with van der Waals surface area (Å²) < 4.78 is 1.56. The van der Waals surface area contributed by atoms with Gasteiger partial charge in [0, 0.05) is 21.1 Å². The highest BCUT2D eigenvalue weighted by Crippen LogP contribution is 2.24. The SMILES string of the molecule is Clc1cc(Br)[c][c]c1Br. The zero-order chi connectivity index (χ0) is 6.85. The summed E-state index contributed by atoms with van der Waals surface area (Å²) >= 11 is 12.1. The van der Waals surface area contributed by atoms with Gasteiger partial charge < -0.3 is 0 Å². The van der Waals surface area contributed by atoms with Crippen LogP contribution in [0.1, 0.15) is 0 Å². The molecule has 0 saturated heterocycles. The molecule has 1 aromatic carbocycles. The van der Waals surface area contributed by atoms with E-state index in [2.05, 4.69) is 44.0 Å². The maximum Gasteiger partial charge on any atom is 0.0566 e. The maximum atomic E-state index is 5.69. The molecule has 0 heterocycles. The molecule has 0 nitrogen and oxygen atoms in total. The summed E-state index contributed by atoms with van der Waals surface area (Å²) in [6.07, 6.45) is 0. The molecule has 0 spiro atoms. The van der Waals surface area contributed by atoms with Crippen LogP contribution in [-0.2, 0) is 0 Å². The van der Waals surface area contributed by atoms with Gasteiger partial charge in [0.15, 0.2) is 0 Å². The van der Waals surface area contributed by atoms with Crippen molar-refractivity contribution in [1.82, 2.24) is 0 Å². The molecule has 1 rings (SSSR count). The molecular weight excluding hydrogens is 267 g/mol. The van der Waals surface area contributed by atoms with E-state index in [9.17, 15) is 0 Å². The summed E-state index contributed by atoms with van der Waals surface area (Å²) in [5.41, 5.74) is 0. The van der Waals surface area contributed by atoms with Crippen LogP contribution >= 0.6 is 43.5 Å². The molecule has 0 aliphatic rings. The van der Waals surface area contributed by atoms with Crippen molar-refractivity contribution in [2.75, 3.05) is 0 Å². The Bertz CT molecular complexity index is 222.